The molecule has 3 aromatic rings. The van der Waals surface area contributed by atoms with Gasteiger partial charge in [0.1, 0.15) is 0 Å². The molecule has 0 aliphatic carbocycles. The van der Waals surface area contributed by atoms with Gasteiger partial charge in [0, 0.05) is 29.4 Å². The summed E-state index contributed by atoms with van der Waals surface area (Å²) in [6.07, 6.45) is 2.47. The van der Waals surface area contributed by atoms with Gasteiger partial charge in [-0.25, -0.2) is 9.97 Å². The van der Waals surface area contributed by atoms with E-state index < -0.39 is 5.91 Å². The van der Waals surface area contributed by atoms with Crippen LogP contribution in [-0.4, -0.2) is 28.3 Å². The van der Waals surface area contributed by atoms with Crippen molar-refractivity contribution in [2.24, 2.45) is 0 Å². The maximum atomic E-state index is 12.5. The largest absolute Gasteiger partial charge is 0.350 e. The number of aryl methyl sites for hydroxylation is 1. The fraction of sp³-hybridized carbons (Fsp3) is 0.217. The second kappa shape index (κ2) is 11.9. The van der Waals surface area contributed by atoms with Gasteiger partial charge in [-0.1, -0.05) is 66.2 Å². The summed E-state index contributed by atoms with van der Waals surface area (Å²) in [6.45, 7) is 2.23. The van der Waals surface area contributed by atoms with Crippen LogP contribution in [0.25, 0.3) is 0 Å². The lowest BCUT2D eigenvalue weighted by Gasteiger charge is -2.09. The summed E-state index contributed by atoms with van der Waals surface area (Å²) in [5.74, 6) is -0.0207. The number of amides is 2. The Morgan fingerprint density at radius 3 is 2.38 bits per heavy atom. The van der Waals surface area contributed by atoms with Crippen LogP contribution in [-0.2, 0) is 17.0 Å². The molecule has 0 spiro atoms. The molecular weight excluding hydrogens is 467 g/mol. The highest BCUT2D eigenvalue weighted by Gasteiger charge is 2.15. The zero-order valence-corrected chi connectivity index (χ0v) is 19.7. The topological polar surface area (TPSA) is 84.0 Å². The van der Waals surface area contributed by atoms with E-state index in [1.54, 1.807) is 0 Å². The third-order valence-corrected chi connectivity index (χ3v) is 5.96. The molecule has 0 aliphatic rings. The minimum absolute atomic E-state index is 0.0795. The van der Waals surface area contributed by atoms with E-state index in [1.807, 2.05) is 48.5 Å². The predicted octanol–water partition coefficient (Wildman–Crippen LogP) is 5.40. The number of benzene rings is 2. The molecule has 0 radical (unpaired) electrons. The second-order valence-electron chi connectivity index (χ2n) is 6.87. The summed E-state index contributed by atoms with van der Waals surface area (Å²) in [6, 6.07) is 15.1. The van der Waals surface area contributed by atoms with Crippen molar-refractivity contribution in [3.05, 3.63) is 81.6 Å². The van der Waals surface area contributed by atoms with E-state index in [4.69, 9.17) is 23.2 Å². The first kappa shape index (κ1) is 24.0. The molecule has 1 aromatic heterocycles. The van der Waals surface area contributed by atoms with Gasteiger partial charge in [0.15, 0.2) is 10.9 Å². The van der Waals surface area contributed by atoms with Crippen LogP contribution >= 0.6 is 35.0 Å². The zero-order valence-electron chi connectivity index (χ0n) is 17.4. The Balaban J connectivity index is 1.49. The molecule has 2 N–H and O–H groups in total. The van der Waals surface area contributed by atoms with E-state index in [1.165, 1.54) is 23.5 Å². The number of carbonyl (C=O) groups excluding carboxylic acids is 2. The van der Waals surface area contributed by atoms with Crippen molar-refractivity contribution in [2.75, 3.05) is 11.9 Å². The van der Waals surface area contributed by atoms with Gasteiger partial charge in [-0.3, -0.25) is 9.59 Å². The van der Waals surface area contributed by atoms with Gasteiger partial charge < -0.3 is 10.6 Å². The van der Waals surface area contributed by atoms with Gasteiger partial charge in [0.05, 0.1) is 11.2 Å². The molecule has 0 aliphatic heterocycles. The number of carbonyl (C=O) groups is 2. The van der Waals surface area contributed by atoms with Gasteiger partial charge in [-0.2, -0.15) is 0 Å². The van der Waals surface area contributed by atoms with Crippen LogP contribution in [0.5, 0.6) is 0 Å². The summed E-state index contributed by atoms with van der Waals surface area (Å²) < 4.78 is 0. The summed E-state index contributed by atoms with van der Waals surface area (Å²) in [4.78, 5) is 33.1. The lowest BCUT2D eigenvalue weighted by atomic mass is 10.1. The number of hydrogen-bond donors (Lipinski definition) is 2. The van der Waals surface area contributed by atoms with Crippen molar-refractivity contribution in [1.82, 2.24) is 15.3 Å². The van der Waals surface area contributed by atoms with E-state index in [0.29, 0.717) is 15.9 Å². The van der Waals surface area contributed by atoms with E-state index in [0.717, 1.165) is 17.7 Å². The van der Waals surface area contributed by atoms with Gasteiger partial charge in [-0.15, -0.1) is 0 Å². The summed E-state index contributed by atoms with van der Waals surface area (Å²) in [5, 5.41) is 6.75. The van der Waals surface area contributed by atoms with Crippen molar-refractivity contribution in [1.29, 1.82) is 0 Å². The monoisotopic (exact) mass is 488 g/mol. The third-order valence-electron chi connectivity index (χ3n) is 4.50. The quantitative estimate of drug-likeness (QED) is 0.311. The van der Waals surface area contributed by atoms with Gasteiger partial charge in [-0.05, 0) is 41.8 Å². The molecule has 0 bridgehead atoms. The minimum Gasteiger partial charge on any atom is -0.350 e. The fourth-order valence-electron chi connectivity index (χ4n) is 2.73. The molecule has 2 amide bonds. The highest BCUT2D eigenvalue weighted by atomic mass is 35.5. The van der Waals surface area contributed by atoms with E-state index >= 15 is 0 Å². The van der Waals surface area contributed by atoms with Gasteiger partial charge in [0.2, 0.25) is 5.91 Å². The van der Waals surface area contributed by atoms with E-state index in [9.17, 15) is 9.59 Å². The Hall–Kier alpha value is -2.61. The normalized spacial score (nSPS) is 10.6. The summed E-state index contributed by atoms with van der Waals surface area (Å²) in [7, 11) is 0. The molecule has 0 unspecified atom stereocenters. The number of rotatable bonds is 9. The fourth-order valence-corrected chi connectivity index (χ4v) is 3.80. The molecule has 166 valence electrons. The number of hydrogen-bond acceptors (Lipinski definition) is 5. The van der Waals surface area contributed by atoms with E-state index in [-0.39, 0.29) is 29.6 Å². The average molecular weight is 489 g/mol. The van der Waals surface area contributed by atoms with Crippen molar-refractivity contribution < 1.29 is 9.59 Å². The number of aromatic nitrogens is 2. The Morgan fingerprint density at radius 1 is 1.00 bits per heavy atom. The van der Waals surface area contributed by atoms with E-state index in [2.05, 4.69) is 27.5 Å². The molecule has 1 heterocycles. The number of nitrogens with zero attached hydrogens (tertiary/aromatic N) is 2. The van der Waals surface area contributed by atoms with Gasteiger partial charge in [0.25, 0.3) is 5.91 Å². The van der Waals surface area contributed by atoms with Crippen molar-refractivity contribution in [2.45, 2.75) is 30.7 Å². The molecule has 0 atom stereocenters. The van der Waals surface area contributed by atoms with Crippen molar-refractivity contribution in [3.63, 3.8) is 0 Å². The molecule has 6 nitrogen and oxygen atoms in total. The smallest absolute Gasteiger partial charge is 0.271 e. The standard InChI is InChI=1S/C23H22Cl2N4O2S/c1-2-15-5-9-18(10-6-15)28-20(30)11-12-26-22(31)21-19(25)13-27-23(29-21)32-14-16-3-7-17(24)8-4-16/h3-10,13H,2,11-12,14H2,1H3,(H,26,31)(H,28,30). The first-order chi connectivity index (χ1) is 15.4. The maximum absolute atomic E-state index is 12.5. The number of anilines is 1. The lowest BCUT2D eigenvalue weighted by Crippen LogP contribution is -2.28. The average Bonchev–Trinajstić information content (AvgIpc) is 2.80. The minimum atomic E-state index is -0.453. The number of thioether (sulfide) groups is 1. The van der Waals surface area contributed by atoms with Crippen molar-refractivity contribution in [3.8, 4) is 0 Å². The Morgan fingerprint density at radius 2 is 1.69 bits per heavy atom. The zero-order chi connectivity index (χ0) is 22.9. The second-order valence-corrected chi connectivity index (χ2v) is 8.65. The summed E-state index contributed by atoms with van der Waals surface area (Å²) in [5.41, 5.74) is 3.05. The predicted molar refractivity (Wildman–Crippen MR) is 129 cm³/mol. The number of nitrogens with one attached hydrogen (secondary N) is 2. The van der Waals surface area contributed by atoms with Crippen LogP contribution in [0, 0.1) is 0 Å². The number of halogens is 2. The highest BCUT2D eigenvalue weighted by molar-refractivity contribution is 7.98. The Labute approximate surface area is 201 Å². The molecule has 0 saturated heterocycles. The lowest BCUT2D eigenvalue weighted by molar-refractivity contribution is -0.116. The van der Waals surface area contributed by atoms with Crippen LogP contribution in [0.4, 0.5) is 5.69 Å². The third kappa shape index (κ3) is 7.22. The first-order valence-electron chi connectivity index (χ1n) is 10.0. The molecule has 0 fully saturated rings. The molecule has 2 aromatic carbocycles. The molecule has 9 heteroatoms. The maximum Gasteiger partial charge on any atom is 0.271 e. The Bertz CT molecular complexity index is 1080. The molecular formula is C23H22Cl2N4O2S. The Kier molecular flexibility index (Phi) is 8.90. The molecule has 32 heavy (non-hydrogen) atoms. The SMILES string of the molecule is CCc1ccc(NC(=O)CCNC(=O)c2nc(SCc3ccc(Cl)cc3)ncc2Cl)cc1. The van der Waals surface area contributed by atoms with Crippen LogP contribution in [0.15, 0.2) is 59.9 Å². The van der Waals surface area contributed by atoms with Crippen LogP contribution in [0.2, 0.25) is 10.0 Å². The molecule has 3 rings (SSSR count). The highest BCUT2D eigenvalue weighted by Crippen LogP contribution is 2.23. The van der Waals surface area contributed by atoms with Crippen LogP contribution in [0.3, 0.4) is 0 Å². The van der Waals surface area contributed by atoms with Gasteiger partial charge >= 0.3 is 0 Å². The van der Waals surface area contributed by atoms with Crippen LogP contribution in [0.1, 0.15) is 35.0 Å². The summed E-state index contributed by atoms with van der Waals surface area (Å²) >= 11 is 13.4. The first-order valence-corrected chi connectivity index (χ1v) is 11.8. The van der Waals surface area contributed by atoms with Crippen LogP contribution < -0.4 is 10.6 Å². The van der Waals surface area contributed by atoms with Crippen molar-refractivity contribution >= 4 is 52.5 Å². The molecule has 0 saturated carbocycles.